The van der Waals surface area contributed by atoms with E-state index in [9.17, 15) is 13.2 Å². The lowest BCUT2D eigenvalue weighted by atomic mass is 10.1. The molecule has 1 N–H and O–H groups in total. The first-order chi connectivity index (χ1) is 17.8. The van der Waals surface area contributed by atoms with Gasteiger partial charge in [0.1, 0.15) is 11.8 Å². The fourth-order valence-corrected chi connectivity index (χ4v) is 6.30. The molecular weight excluding hydrogens is 510 g/mol. The maximum atomic E-state index is 13.4. The molecule has 1 aliphatic rings. The number of hydrogen-bond donors (Lipinski definition) is 1. The van der Waals surface area contributed by atoms with Gasteiger partial charge in [-0.2, -0.15) is 0 Å². The lowest BCUT2D eigenvalue weighted by Gasteiger charge is -2.39. The summed E-state index contributed by atoms with van der Waals surface area (Å²) in [6.07, 6.45) is 3.47. The molecule has 1 amide bonds. The van der Waals surface area contributed by atoms with E-state index in [-0.39, 0.29) is 18.3 Å². The van der Waals surface area contributed by atoms with Gasteiger partial charge in [-0.3, -0.25) is 9.52 Å². The number of hydrogen-bond acceptors (Lipinski definition) is 7. The number of piperazine rings is 1. The van der Waals surface area contributed by atoms with Crippen LogP contribution in [0.5, 0.6) is 5.75 Å². The van der Waals surface area contributed by atoms with Gasteiger partial charge >= 0.3 is 0 Å². The number of nitrogens with zero attached hydrogens (tertiary/aromatic N) is 4. The van der Waals surface area contributed by atoms with Gasteiger partial charge in [0.15, 0.2) is 5.13 Å². The van der Waals surface area contributed by atoms with Crippen LogP contribution >= 0.6 is 11.3 Å². The summed E-state index contributed by atoms with van der Waals surface area (Å²) in [5, 5.41) is 3.04. The highest BCUT2D eigenvalue weighted by Gasteiger charge is 2.29. The van der Waals surface area contributed by atoms with Gasteiger partial charge in [0.25, 0.3) is 10.0 Å². The van der Waals surface area contributed by atoms with Crippen molar-refractivity contribution in [1.29, 1.82) is 0 Å². The van der Waals surface area contributed by atoms with Crippen LogP contribution in [0.25, 0.3) is 10.9 Å². The van der Waals surface area contributed by atoms with Crippen LogP contribution in [-0.4, -0.2) is 55.5 Å². The molecular formula is C26H29N5O4S2. The van der Waals surface area contributed by atoms with E-state index in [0.717, 1.165) is 28.0 Å². The zero-order valence-corrected chi connectivity index (χ0v) is 22.1. The number of thiazole rings is 1. The summed E-state index contributed by atoms with van der Waals surface area (Å²) in [6.45, 7) is 7.57. The zero-order valence-electron chi connectivity index (χ0n) is 20.5. The molecule has 1 aliphatic heterocycles. The monoisotopic (exact) mass is 539 g/mol. The van der Waals surface area contributed by atoms with Crippen LogP contribution in [0.2, 0.25) is 0 Å². The molecule has 4 aromatic rings. The molecule has 5 rings (SSSR count). The number of carbonyl (C=O) groups excluding carboxylic acids is 1. The molecule has 0 bridgehead atoms. The topological polar surface area (TPSA) is 96.8 Å². The van der Waals surface area contributed by atoms with Gasteiger partial charge in [-0.1, -0.05) is 6.58 Å². The Balaban J connectivity index is 0.00000336. The van der Waals surface area contributed by atoms with E-state index < -0.39 is 10.0 Å². The molecule has 0 aliphatic carbocycles. The van der Waals surface area contributed by atoms with Crippen molar-refractivity contribution in [3.8, 4) is 5.75 Å². The minimum absolute atomic E-state index is 0. The molecule has 1 saturated heterocycles. The van der Waals surface area contributed by atoms with Gasteiger partial charge in [0, 0.05) is 54.6 Å². The Morgan fingerprint density at radius 3 is 2.65 bits per heavy atom. The van der Waals surface area contributed by atoms with E-state index >= 15 is 0 Å². The molecule has 2 aromatic heterocycles. The Morgan fingerprint density at radius 2 is 1.97 bits per heavy atom. The predicted molar refractivity (Wildman–Crippen MR) is 148 cm³/mol. The minimum Gasteiger partial charge on any atom is -0.497 e. The molecule has 11 heteroatoms. The molecule has 1 fully saturated rings. The standard InChI is InChI=1S/C26H27N5O4S2.H2/c1-18-17-29(25(32)19(2)31-12-10-20-16-22(35-3)6-9-24(20)31)13-14-30(18)21-4-7-23(8-5-21)37(33,34)28-26-27-11-15-36-26;/h4-12,15-16,19H,1,13-14,17H2,2-3H3,(H,27,28);1H. The fourth-order valence-electron chi connectivity index (χ4n) is 4.51. The van der Waals surface area contributed by atoms with Crippen molar-refractivity contribution in [3.05, 3.63) is 78.6 Å². The number of aromatic nitrogens is 2. The second-order valence-electron chi connectivity index (χ2n) is 8.74. The summed E-state index contributed by atoms with van der Waals surface area (Å²) >= 11 is 1.22. The SMILES string of the molecule is C=C1CN(C(=O)C(C)n2ccc3cc(OC)ccc32)CCN1c1ccc(S(=O)(=O)Nc2nccs2)cc1.[HH]. The van der Waals surface area contributed by atoms with Crippen molar-refractivity contribution in [2.45, 2.75) is 17.9 Å². The average Bonchev–Trinajstić information content (AvgIpc) is 3.57. The number of nitrogens with one attached hydrogen (secondary N) is 1. The van der Waals surface area contributed by atoms with Crippen LogP contribution in [0, 0.1) is 0 Å². The van der Waals surface area contributed by atoms with Crippen LogP contribution in [0.4, 0.5) is 10.8 Å². The number of benzene rings is 2. The Labute approximate surface area is 221 Å². The average molecular weight is 540 g/mol. The van der Waals surface area contributed by atoms with Gasteiger partial charge in [-0.25, -0.2) is 13.4 Å². The summed E-state index contributed by atoms with van der Waals surface area (Å²) in [6, 6.07) is 14.0. The predicted octanol–water partition coefficient (Wildman–Crippen LogP) is 4.58. The number of methoxy groups -OCH3 is 1. The molecule has 37 heavy (non-hydrogen) atoms. The number of amides is 1. The fraction of sp³-hybridized carbons (Fsp3) is 0.231. The molecule has 3 heterocycles. The number of fused-ring (bicyclic) bond motifs is 1. The lowest BCUT2D eigenvalue weighted by Crippen LogP contribution is -2.48. The number of rotatable bonds is 7. The first-order valence-corrected chi connectivity index (χ1v) is 14.0. The zero-order chi connectivity index (χ0) is 26.2. The molecule has 194 valence electrons. The van der Waals surface area contributed by atoms with Crippen molar-refractivity contribution in [1.82, 2.24) is 14.5 Å². The quantitative estimate of drug-likeness (QED) is 0.369. The number of sulfonamides is 1. The van der Waals surface area contributed by atoms with Gasteiger partial charge in [-0.05, 0) is 55.5 Å². The third-order valence-electron chi connectivity index (χ3n) is 6.48. The summed E-state index contributed by atoms with van der Waals surface area (Å²) in [4.78, 5) is 21.3. The molecule has 1 unspecified atom stereocenters. The molecule has 0 spiro atoms. The minimum atomic E-state index is -3.72. The number of anilines is 2. The van der Waals surface area contributed by atoms with Gasteiger partial charge in [0.05, 0.1) is 18.6 Å². The Kier molecular flexibility index (Phi) is 6.65. The first kappa shape index (κ1) is 24.8. The Morgan fingerprint density at radius 1 is 1.19 bits per heavy atom. The van der Waals surface area contributed by atoms with E-state index in [1.807, 2.05) is 51.8 Å². The van der Waals surface area contributed by atoms with Crippen molar-refractivity contribution < 1.29 is 19.4 Å². The van der Waals surface area contributed by atoms with Crippen molar-refractivity contribution in [2.24, 2.45) is 0 Å². The summed E-state index contributed by atoms with van der Waals surface area (Å²) < 4.78 is 35.0. The van der Waals surface area contributed by atoms with E-state index in [4.69, 9.17) is 4.74 Å². The van der Waals surface area contributed by atoms with Gasteiger partial charge in [-0.15, -0.1) is 11.3 Å². The highest BCUT2D eigenvalue weighted by molar-refractivity contribution is 7.93. The largest absolute Gasteiger partial charge is 0.497 e. The third kappa shape index (κ3) is 4.92. The van der Waals surface area contributed by atoms with E-state index in [1.165, 1.54) is 11.3 Å². The first-order valence-electron chi connectivity index (χ1n) is 11.7. The maximum Gasteiger partial charge on any atom is 0.263 e. The van der Waals surface area contributed by atoms with Gasteiger partial charge < -0.3 is 19.1 Å². The Bertz CT molecular complexity index is 1550. The molecule has 0 radical (unpaired) electrons. The van der Waals surface area contributed by atoms with E-state index in [2.05, 4.69) is 16.3 Å². The highest BCUT2D eigenvalue weighted by Crippen LogP contribution is 2.28. The van der Waals surface area contributed by atoms with Crippen molar-refractivity contribution in [2.75, 3.05) is 36.4 Å². The highest BCUT2D eigenvalue weighted by atomic mass is 32.2. The van der Waals surface area contributed by atoms with Gasteiger partial charge in [0.2, 0.25) is 5.91 Å². The van der Waals surface area contributed by atoms with Crippen molar-refractivity contribution in [3.63, 3.8) is 0 Å². The second-order valence-corrected chi connectivity index (χ2v) is 11.3. The van der Waals surface area contributed by atoms with Crippen LogP contribution in [0.1, 0.15) is 14.4 Å². The number of carbonyl (C=O) groups is 1. The summed E-state index contributed by atoms with van der Waals surface area (Å²) in [5.74, 6) is 0.793. The smallest absolute Gasteiger partial charge is 0.263 e. The van der Waals surface area contributed by atoms with E-state index in [0.29, 0.717) is 24.8 Å². The molecule has 0 saturated carbocycles. The number of ether oxygens (including phenoxy) is 1. The molecule has 1 atom stereocenters. The Hall–Kier alpha value is -3.83. The maximum absolute atomic E-state index is 13.4. The molecule has 9 nitrogen and oxygen atoms in total. The lowest BCUT2D eigenvalue weighted by molar-refractivity contribution is -0.134. The summed E-state index contributed by atoms with van der Waals surface area (Å²) in [7, 11) is -2.09. The third-order valence-corrected chi connectivity index (χ3v) is 8.65. The van der Waals surface area contributed by atoms with Crippen LogP contribution in [-0.2, 0) is 14.8 Å². The van der Waals surface area contributed by atoms with E-state index in [1.54, 1.807) is 43.0 Å². The van der Waals surface area contributed by atoms with Crippen LogP contribution in [0.3, 0.4) is 0 Å². The van der Waals surface area contributed by atoms with Crippen LogP contribution < -0.4 is 14.4 Å². The molecule has 2 aromatic carbocycles. The summed E-state index contributed by atoms with van der Waals surface area (Å²) in [5.41, 5.74) is 2.56. The second kappa shape index (κ2) is 9.91. The van der Waals surface area contributed by atoms with Crippen LogP contribution in [0.15, 0.2) is 83.5 Å². The van der Waals surface area contributed by atoms with Crippen molar-refractivity contribution >= 4 is 49.0 Å². The normalized spacial score (nSPS) is 15.1.